The number of anilines is 1. The van der Waals surface area contributed by atoms with E-state index in [9.17, 15) is 14.9 Å². The zero-order valence-electron chi connectivity index (χ0n) is 12.6. The molecule has 1 aliphatic rings. The minimum absolute atomic E-state index is 0.00238. The van der Waals surface area contributed by atoms with Gasteiger partial charge < -0.3 is 10.1 Å². The Kier molecular flexibility index (Phi) is 4.07. The van der Waals surface area contributed by atoms with Crippen LogP contribution in [-0.4, -0.2) is 33.3 Å². The van der Waals surface area contributed by atoms with Gasteiger partial charge in [0.25, 0.3) is 11.6 Å². The highest BCUT2D eigenvalue weighted by Gasteiger charge is 2.24. The number of rotatable bonds is 4. The number of carbonyl (C=O) groups is 1. The van der Waals surface area contributed by atoms with Gasteiger partial charge in [-0.15, -0.1) is 0 Å². The predicted octanol–water partition coefficient (Wildman–Crippen LogP) is 2.21. The first-order valence-corrected chi connectivity index (χ1v) is 7.28. The van der Waals surface area contributed by atoms with E-state index in [0.29, 0.717) is 24.5 Å². The minimum atomic E-state index is -0.460. The van der Waals surface area contributed by atoms with Crippen molar-refractivity contribution in [2.75, 3.05) is 11.9 Å². The molecule has 2 aromatic rings. The topological polar surface area (TPSA) is 99.3 Å². The van der Waals surface area contributed by atoms with Gasteiger partial charge in [-0.25, -0.2) is 4.68 Å². The van der Waals surface area contributed by atoms with E-state index in [2.05, 4.69) is 10.4 Å². The third-order valence-electron chi connectivity index (χ3n) is 3.61. The van der Waals surface area contributed by atoms with Crippen molar-refractivity contribution in [3.63, 3.8) is 0 Å². The molecule has 0 spiro atoms. The van der Waals surface area contributed by atoms with Crippen LogP contribution in [0.4, 0.5) is 11.5 Å². The molecule has 1 atom stereocenters. The number of nitrogens with zero attached hydrogens (tertiary/aromatic N) is 3. The summed E-state index contributed by atoms with van der Waals surface area (Å²) >= 11 is 0. The molecule has 23 heavy (non-hydrogen) atoms. The summed E-state index contributed by atoms with van der Waals surface area (Å²) in [5, 5.41) is 17.9. The van der Waals surface area contributed by atoms with Crippen LogP contribution in [0.2, 0.25) is 0 Å². The average molecular weight is 316 g/mol. The van der Waals surface area contributed by atoms with Gasteiger partial charge >= 0.3 is 0 Å². The summed E-state index contributed by atoms with van der Waals surface area (Å²) in [5.74, 6) is 0.308. The molecule has 8 nitrogen and oxygen atoms in total. The zero-order chi connectivity index (χ0) is 16.4. The van der Waals surface area contributed by atoms with Gasteiger partial charge in [0.05, 0.1) is 16.3 Å². The van der Waals surface area contributed by atoms with Crippen molar-refractivity contribution in [3.8, 4) is 5.69 Å². The monoisotopic (exact) mass is 316 g/mol. The van der Waals surface area contributed by atoms with Crippen LogP contribution in [0.5, 0.6) is 0 Å². The lowest BCUT2D eigenvalue weighted by atomic mass is 10.2. The van der Waals surface area contributed by atoms with E-state index >= 15 is 0 Å². The number of aromatic nitrogens is 2. The highest BCUT2D eigenvalue weighted by molar-refractivity contribution is 5.93. The van der Waals surface area contributed by atoms with Crippen LogP contribution in [0.15, 0.2) is 30.3 Å². The molecule has 1 fully saturated rings. The molecule has 0 saturated carbocycles. The van der Waals surface area contributed by atoms with E-state index in [4.69, 9.17) is 4.74 Å². The Morgan fingerprint density at radius 2 is 2.17 bits per heavy atom. The first kappa shape index (κ1) is 15.2. The maximum absolute atomic E-state index is 12.2. The van der Waals surface area contributed by atoms with Crippen LogP contribution in [0.25, 0.3) is 5.69 Å². The fourth-order valence-electron chi connectivity index (χ4n) is 2.49. The van der Waals surface area contributed by atoms with Gasteiger partial charge in [-0.3, -0.25) is 14.9 Å². The standard InChI is InChI=1S/C15H16N4O4/c1-10-9-14(16-15(20)13-3-2-8-23-13)18(17-10)11-4-6-12(7-5-11)19(21)22/h4-7,9,13H,2-3,8H2,1H3,(H,16,20). The molecule has 120 valence electrons. The van der Waals surface area contributed by atoms with Crippen LogP contribution in [0.3, 0.4) is 0 Å². The Morgan fingerprint density at radius 3 is 2.78 bits per heavy atom. The number of hydrogen-bond donors (Lipinski definition) is 1. The number of nitrogens with one attached hydrogen (secondary N) is 1. The predicted molar refractivity (Wildman–Crippen MR) is 82.6 cm³/mol. The second-order valence-corrected chi connectivity index (χ2v) is 5.35. The second-order valence-electron chi connectivity index (χ2n) is 5.35. The van der Waals surface area contributed by atoms with Crippen LogP contribution in [0, 0.1) is 17.0 Å². The van der Waals surface area contributed by atoms with Gasteiger partial charge in [-0.2, -0.15) is 5.10 Å². The number of non-ortho nitro benzene ring substituents is 1. The summed E-state index contributed by atoms with van der Waals surface area (Å²) in [7, 11) is 0. The van der Waals surface area contributed by atoms with Crippen molar-refractivity contribution in [2.45, 2.75) is 25.9 Å². The number of ether oxygens (including phenoxy) is 1. The maximum Gasteiger partial charge on any atom is 0.269 e. The average Bonchev–Trinajstić information content (AvgIpc) is 3.17. The van der Waals surface area contributed by atoms with Gasteiger partial charge in [0.1, 0.15) is 11.9 Å². The molecular weight excluding hydrogens is 300 g/mol. The summed E-state index contributed by atoms with van der Waals surface area (Å²) in [6.45, 7) is 2.41. The van der Waals surface area contributed by atoms with Crippen molar-refractivity contribution >= 4 is 17.4 Å². The van der Waals surface area contributed by atoms with E-state index in [-0.39, 0.29) is 11.6 Å². The summed E-state index contributed by atoms with van der Waals surface area (Å²) in [5.41, 5.74) is 1.36. The Balaban J connectivity index is 1.85. The fraction of sp³-hybridized carbons (Fsp3) is 0.333. The van der Waals surface area contributed by atoms with Gasteiger partial charge in [0, 0.05) is 24.8 Å². The first-order valence-electron chi connectivity index (χ1n) is 7.28. The lowest BCUT2D eigenvalue weighted by Crippen LogP contribution is -2.27. The van der Waals surface area contributed by atoms with Crippen molar-refractivity contribution in [3.05, 3.63) is 46.1 Å². The number of aryl methyl sites for hydroxylation is 1. The molecule has 1 unspecified atom stereocenters. The van der Waals surface area contributed by atoms with E-state index in [1.807, 2.05) is 6.92 Å². The molecule has 0 radical (unpaired) electrons. The number of amides is 1. The molecule has 0 aliphatic carbocycles. The largest absolute Gasteiger partial charge is 0.368 e. The Labute approximate surface area is 132 Å². The number of hydrogen-bond acceptors (Lipinski definition) is 5. The number of carbonyl (C=O) groups excluding carboxylic acids is 1. The van der Waals surface area contributed by atoms with E-state index in [1.54, 1.807) is 22.9 Å². The molecule has 1 N–H and O–H groups in total. The minimum Gasteiger partial charge on any atom is -0.368 e. The van der Waals surface area contributed by atoms with Crippen LogP contribution >= 0.6 is 0 Å². The Morgan fingerprint density at radius 1 is 1.43 bits per heavy atom. The SMILES string of the molecule is Cc1cc(NC(=O)C2CCCO2)n(-c2ccc([N+](=O)[O-])cc2)n1. The van der Waals surface area contributed by atoms with Crippen LogP contribution < -0.4 is 5.32 Å². The van der Waals surface area contributed by atoms with Crippen molar-refractivity contribution in [2.24, 2.45) is 0 Å². The molecule has 0 bridgehead atoms. The molecule has 1 amide bonds. The molecular formula is C15H16N4O4. The molecule has 1 aromatic carbocycles. The van der Waals surface area contributed by atoms with Crippen LogP contribution in [-0.2, 0) is 9.53 Å². The summed E-state index contributed by atoms with van der Waals surface area (Å²) in [6, 6.07) is 7.73. The number of benzene rings is 1. The third-order valence-corrected chi connectivity index (χ3v) is 3.61. The molecule has 1 saturated heterocycles. The number of nitro groups is 1. The van der Waals surface area contributed by atoms with Gasteiger partial charge in [-0.1, -0.05) is 0 Å². The highest BCUT2D eigenvalue weighted by Crippen LogP contribution is 2.21. The second kappa shape index (κ2) is 6.17. The van der Waals surface area contributed by atoms with E-state index in [0.717, 1.165) is 12.1 Å². The molecule has 2 heterocycles. The summed E-state index contributed by atoms with van der Waals surface area (Å²) in [6.07, 6.45) is 1.14. The number of nitro benzene ring substituents is 1. The van der Waals surface area contributed by atoms with Crippen molar-refractivity contribution in [1.29, 1.82) is 0 Å². The normalized spacial score (nSPS) is 17.2. The lowest BCUT2D eigenvalue weighted by molar-refractivity contribution is -0.384. The zero-order valence-corrected chi connectivity index (χ0v) is 12.6. The van der Waals surface area contributed by atoms with Crippen molar-refractivity contribution < 1.29 is 14.5 Å². The molecule has 1 aromatic heterocycles. The Hall–Kier alpha value is -2.74. The highest BCUT2D eigenvalue weighted by atomic mass is 16.6. The third kappa shape index (κ3) is 3.21. The van der Waals surface area contributed by atoms with E-state index in [1.165, 1.54) is 12.1 Å². The molecule has 8 heteroatoms. The smallest absolute Gasteiger partial charge is 0.269 e. The fourth-order valence-corrected chi connectivity index (χ4v) is 2.49. The van der Waals surface area contributed by atoms with E-state index < -0.39 is 11.0 Å². The quantitative estimate of drug-likeness (QED) is 0.688. The Bertz CT molecular complexity index is 732. The van der Waals surface area contributed by atoms with Gasteiger partial charge in [-0.05, 0) is 31.9 Å². The molecule has 3 rings (SSSR count). The van der Waals surface area contributed by atoms with Gasteiger partial charge in [0.15, 0.2) is 0 Å². The van der Waals surface area contributed by atoms with Gasteiger partial charge in [0.2, 0.25) is 0 Å². The maximum atomic E-state index is 12.2. The summed E-state index contributed by atoms with van der Waals surface area (Å²) < 4.78 is 6.91. The molecule has 1 aliphatic heterocycles. The summed E-state index contributed by atoms with van der Waals surface area (Å²) in [4.78, 5) is 22.4. The van der Waals surface area contributed by atoms with Crippen LogP contribution in [0.1, 0.15) is 18.5 Å². The first-order chi connectivity index (χ1) is 11.0. The lowest BCUT2D eigenvalue weighted by Gasteiger charge is -2.12. The van der Waals surface area contributed by atoms with Crippen molar-refractivity contribution in [1.82, 2.24) is 9.78 Å².